The highest BCUT2D eigenvalue weighted by Gasteiger charge is 2.36. The number of hydrogen-bond acceptors (Lipinski definition) is 6. The zero-order valence-corrected chi connectivity index (χ0v) is 20.0. The molecule has 1 aliphatic heterocycles. The second kappa shape index (κ2) is 10.2. The molecule has 0 unspecified atom stereocenters. The van der Waals surface area contributed by atoms with Gasteiger partial charge in [-0.3, -0.25) is 9.59 Å². The number of rotatable bonds is 9. The van der Waals surface area contributed by atoms with Crippen molar-refractivity contribution in [2.24, 2.45) is 5.92 Å². The second-order valence-electron chi connectivity index (χ2n) is 7.55. The van der Waals surface area contributed by atoms with Crippen LogP contribution in [0.2, 0.25) is 0 Å². The van der Waals surface area contributed by atoms with E-state index >= 15 is 0 Å². The van der Waals surface area contributed by atoms with Crippen molar-refractivity contribution in [2.75, 3.05) is 44.1 Å². The lowest BCUT2D eigenvalue weighted by Gasteiger charge is -2.20. The molecule has 0 saturated carbocycles. The van der Waals surface area contributed by atoms with Gasteiger partial charge in [0.05, 0.1) is 30.7 Å². The largest absolute Gasteiger partial charge is 0.497 e. The van der Waals surface area contributed by atoms with Crippen molar-refractivity contribution in [2.45, 2.75) is 25.2 Å². The monoisotopic (exact) mass is 475 g/mol. The number of anilines is 2. The summed E-state index contributed by atoms with van der Waals surface area (Å²) in [6, 6.07) is 11.2. The second-order valence-corrected chi connectivity index (χ2v) is 9.48. The summed E-state index contributed by atoms with van der Waals surface area (Å²) in [5, 5.41) is 2.78. The highest BCUT2D eigenvalue weighted by Crippen LogP contribution is 2.36. The van der Waals surface area contributed by atoms with Gasteiger partial charge >= 0.3 is 0 Å². The van der Waals surface area contributed by atoms with Crippen LogP contribution in [0.15, 0.2) is 47.4 Å². The van der Waals surface area contributed by atoms with Crippen molar-refractivity contribution < 1.29 is 27.5 Å². The molecular formula is C23H29N3O6S. The van der Waals surface area contributed by atoms with Crippen molar-refractivity contribution in [3.8, 4) is 11.5 Å². The van der Waals surface area contributed by atoms with Gasteiger partial charge < -0.3 is 19.7 Å². The number of hydrogen-bond donors (Lipinski definition) is 1. The highest BCUT2D eigenvalue weighted by atomic mass is 32.2. The number of carbonyl (C=O) groups excluding carboxylic acids is 2. The molecule has 0 aliphatic carbocycles. The molecule has 0 spiro atoms. The van der Waals surface area contributed by atoms with E-state index in [1.54, 1.807) is 51.3 Å². The third-order valence-corrected chi connectivity index (χ3v) is 7.70. The number of amides is 2. The molecule has 1 heterocycles. The molecule has 9 nitrogen and oxygen atoms in total. The van der Waals surface area contributed by atoms with Crippen molar-refractivity contribution in [3.05, 3.63) is 42.5 Å². The summed E-state index contributed by atoms with van der Waals surface area (Å²) in [5.41, 5.74) is 1.04. The Bertz CT molecular complexity index is 1110. The lowest BCUT2D eigenvalue weighted by Crippen LogP contribution is -2.30. The molecule has 2 aromatic carbocycles. The highest BCUT2D eigenvalue weighted by molar-refractivity contribution is 7.89. The summed E-state index contributed by atoms with van der Waals surface area (Å²) in [7, 11) is -0.520. The lowest BCUT2D eigenvalue weighted by molar-refractivity contribution is -0.122. The zero-order chi connectivity index (χ0) is 24.2. The molecule has 1 aliphatic rings. The Morgan fingerprint density at radius 3 is 2.33 bits per heavy atom. The van der Waals surface area contributed by atoms with Crippen LogP contribution >= 0.6 is 0 Å². The van der Waals surface area contributed by atoms with E-state index in [1.807, 2.05) is 0 Å². The fourth-order valence-electron chi connectivity index (χ4n) is 3.79. The van der Waals surface area contributed by atoms with Crippen LogP contribution < -0.4 is 19.7 Å². The molecule has 1 fully saturated rings. The molecule has 3 rings (SSSR count). The number of ether oxygens (including phenoxy) is 2. The molecule has 1 saturated heterocycles. The first-order valence-electron chi connectivity index (χ1n) is 10.7. The number of nitrogens with one attached hydrogen (secondary N) is 1. The van der Waals surface area contributed by atoms with E-state index in [-0.39, 0.29) is 29.7 Å². The lowest BCUT2D eigenvalue weighted by atomic mass is 10.1. The first-order valence-corrected chi connectivity index (χ1v) is 12.1. The molecule has 0 radical (unpaired) electrons. The van der Waals surface area contributed by atoms with Crippen LogP contribution in [0.4, 0.5) is 11.4 Å². The van der Waals surface area contributed by atoms with Gasteiger partial charge in [0.1, 0.15) is 11.5 Å². The zero-order valence-electron chi connectivity index (χ0n) is 19.2. The first kappa shape index (κ1) is 24.5. The predicted octanol–water partition coefficient (Wildman–Crippen LogP) is 2.73. The van der Waals surface area contributed by atoms with Crippen molar-refractivity contribution in [3.63, 3.8) is 0 Å². The van der Waals surface area contributed by atoms with E-state index in [0.717, 1.165) is 0 Å². The number of methoxy groups -OCH3 is 2. The van der Waals surface area contributed by atoms with Gasteiger partial charge in [-0.1, -0.05) is 13.8 Å². The van der Waals surface area contributed by atoms with E-state index in [2.05, 4.69) is 5.32 Å². The maximum absolute atomic E-state index is 12.8. The quantitative estimate of drug-likeness (QED) is 0.598. The summed E-state index contributed by atoms with van der Waals surface area (Å²) < 4.78 is 37.2. The van der Waals surface area contributed by atoms with Gasteiger partial charge in [0.15, 0.2) is 0 Å². The molecule has 2 amide bonds. The molecule has 0 bridgehead atoms. The van der Waals surface area contributed by atoms with Crippen LogP contribution in [0.5, 0.6) is 11.5 Å². The van der Waals surface area contributed by atoms with Crippen LogP contribution in [0.1, 0.15) is 20.3 Å². The van der Waals surface area contributed by atoms with E-state index < -0.39 is 15.9 Å². The molecule has 178 valence electrons. The smallest absolute Gasteiger partial charge is 0.243 e. The Labute approximate surface area is 194 Å². The van der Waals surface area contributed by atoms with Crippen LogP contribution in [0.25, 0.3) is 0 Å². The van der Waals surface area contributed by atoms with Gasteiger partial charge in [-0.2, -0.15) is 4.31 Å². The van der Waals surface area contributed by atoms with Crippen LogP contribution in [-0.4, -0.2) is 58.4 Å². The van der Waals surface area contributed by atoms with E-state index in [9.17, 15) is 18.0 Å². The Balaban J connectivity index is 1.70. The van der Waals surface area contributed by atoms with E-state index in [0.29, 0.717) is 36.0 Å². The van der Waals surface area contributed by atoms with Gasteiger partial charge in [-0.05, 0) is 36.4 Å². The van der Waals surface area contributed by atoms with Crippen LogP contribution in [-0.2, 0) is 19.6 Å². The minimum Gasteiger partial charge on any atom is -0.497 e. The maximum atomic E-state index is 12.8. The number of carbonyl (C=O) groups is 2. The number of nitrogens with zero attached hydrogens (tertiary/aromatic N) is 2. The Hall–Kier alpha value is -3.11. The Morgan fingerprint density at radius 1 is 1.09 bits per heavy atom. The van der Waals surface area contributed by atoms with E-state index in [4.69, 9.17) is 9.47 Å². The average molecular weight is 476 g/mol. The fourth-order valence-corrected chi connectivity index (χ4v) is 5.25. The summed E-state index contributed by atoms with van der Waals surface area (Å²) in [6.07, 6.45) is 0.0649. The Kier molecular flexibility index (Phi) is 7.60. The molecule has 1 atom stereocenters. The summed E-state index contributed by atoms with van der Waals surface area (Å²) in [5.74, 6) is 0.0390. The number of sulfonamides is 1. The minimum atomic E-state index is -3.57. The summed E-state index contributed by atoms with van der Waals surface area (Å²) in [6.45, 7) is 4.53. The molecular weight excluding hydrogens is 446 g/mol. The van der Waals surface area contributed by atoms with Crippen molar-refractivity contribution in [1.82, 2.24) is 4.31 Å². The molecule has 1 N–H and O–H groups in total. The van der Waals surface area contributed by atoms with E-state index in [1.165, 1.54) is 28.4 Å². The molecule has 10 heteroatoms. The fraction of sp³-hybridized carbons (Fsp3) is 0.391. The van der Waals surface area contributed by atoms with Crippen molar-refractivity contribution >= 4 is 33.2 Å². The molecule has 0 aromatic heterocycles. The standard InChI is InChI=1S/C23H29N3O6S/c1-5-25(6-2)33(29,30)19-10-7-17(8-11-19)24-23(28)16-13-22(27)26(15-16)20-12-9-18(31-3)14-21(20)32-4/h7-12,14,16H,5-6,13,15H2,1-4H3,(H,24,28)/t16-/m1/s1. The van der Waals surface area contributed by atoms with Crippen LogP contribution in [0, 0.1) is 5.92 Å². The van der Waals surface area contributed by atoms with Gasteiger partial charge in [-0.15, -0.1) is 0 Å². The predicted molar refractivity (Wildman–Crippen MR) is 125 cm³/mol. The first-order chi connectivity index (χ1) is 15.7. The third-order valence-electron chi connectivity index (χ3n) is 5.64. The molecule has 33 heavy (non-hydrogen) atoms. The normalized spacial score (nSPS) is 16.2. The number of benzene rings is 2. The average Bonchev–Trinajstić information content (AvgIpc) is 3.21. The Morgan fingerprint density at radius 2 is 1.76 bits per heavy atom. The molecule has 2 aromatic rings. The van der Waals surface area contributed by atoms with Gasteiger partial charge in [0.2, 0.25) is 21.8 Å². The minimum absolute atomic E-state index is 0.0649. The van der Waals surface area contributed by atoms with Gasteiger partial charge in [-0.25, -0.2) is 8.42 Å². The van der Waals surface area contributed by atoms with Crippen molar-refractivity contribution in [1.29, 1.82) is 0 Å². The summed E-state index contributed by atoms with van der Waals surface area (Å²) >= 11 is 0. The van der Waals surface area contributed by atoms with Crippen LogP contribution in [0.3, 0.4) is 0 Å². The summed E-state index contributed by atoms with van der Waals surface area (Å²) in [4.78, 5) is 27.1. The third kappa shape index (κ3) is 5.12. The topological polar surface area (TPSA) is 105 Å². The SMILES string of the molecule is CCN(CC)S(=O)(=O)c1ccc(NC(=O)[C@@H]2CC(=O)N(c3ccc(OC)cc3OC)C2)cc1. The van der Waals surface area contributed by atoms with Gasteiger partial charge in [0, 0.05) is 37.8 Å². The van der Waals surface area contributed by atoms with Gasteiger partial charge in [0.25, 0.3) is 0 Å². The maximum Gasteiger partial charge on any atom is 0.243 e.